The van der Waals surface area contributed by atoms with E-state index in [0.29, 0.717) is 41.2 Å². The lowest BCUT2D eigenvalue weighted by Gasteiger charge is -2.59. The van der Waals surface area contributed by atoms with Crippen molar-refractivity contribution in [1.82, 2.24) is 25.8 Å². The fourth-order valence-corrected chi connectivity index (χ4v) is 13.1. The summed E-state index contributed by atoms with van der Waals surface area (Å²) < 4.78 is 16.4. The van der Waals surface area contributed by atoms with Crippen molar-refractivity contribution in [3.05, 3.63) is 98.3 Å². The third-order valence-electron chi connectivity index (χ3n) is 16.0. The van der Waals surface area contributed by atoms with Gasteiger partial charge in [0.25, 0.3) is 5.91 Å². The zero-order valence-electron chi connectivity index (χ0n) is 37.1. The maximum atomic E-state index is 16.4. The van der Waals surface area contributed by atoms with Crippen molar-refractivity contribution in [2.75, 3.05) is 18.4 Å². The molecule has 3 saturated heterocycles. The number of carbonyl (C=O) groups is 5. The van der Waals surface area contributed by atoms with E-state index in [2.05, 4.69) is 58.8 Å². The van der Waals surface area contributed by atoms with E-state index in [9.17, 15) is 19.2 Å². The molecule has 340 valence electrons. The van der Waals surface area contributed by atoms with Gasteiger partial charge in [0.1, 0.15) is 17.3 Å². The summed E-state index contributed by atoms with van der Waals surface area (Å²) in [6, 6.07) is 13.6. The lowest BCUT2D eigenvalue weighted by Crippen LogP contribution is -2.66. The number of anilines is 1. The molecular weight excluding hydrogens is 867 g/mol. The maximum Gasteiger partial charge on any atom is 0.255 e. The van der Waals surface area contributed by atoms with Gasteiger partial charge in [-0.2, -0.15) is 0 Å². The summed E-state index contributed by atoms with van der Waals surface area (Å²) in [7, 11) is 0. The number of likely N-dealkylation sites (tertiary alicyclic amines) is 1. The first-order chi connectivity index (χ1) is 31.0. The second-order valence-electron chi connectivity index (χ2n) is 20.9. The van der Waals surface area contributed by atoms with Gasteiger partial charge < -0.3 is 20.9 Å². The van der Waals surface area contributed by atoms with Crippen LogP contribution in [-0.2, 0) is 31.1 Å². The van der Waals surface area contributed by atoms with Gasteiger partial charge in [-0.05, 0) is 130 Å². The van der Waals surface area contributed by atoms with Crippen LogP contribution in [-0.4, -0.2) is 81.6 Å². The molecule has 1 spiro atoms. The number of nitrogens with one attached hydrogen (secondary N) is 4. The topological polar surface area (TPSA) is 140 Å². The standard InChI is InChI=1S/C51H55Cl2FN6O5/c1-48(2,3)27-39-51(35-13-12-31(52)26-37(35)55-47(51)65)41(33-8-5-9-36(53)42(33)54)43(56-39)45(63)58-49-18-21-50(22-19-49,23-20-49)59-24-16-29(17-25-59)10-11-30-6-4-7-32-34(30)28-60(46(32)64)38-14-15-40(61)57-44(38)62/h4-9,12-13,26,29,38-39,41,43,56H,14-25,27-28H2,1-3H3,(H,55,65)(H,58,63)(H,57,61,62)/t38?,39-,41-,43+,49?,50?,51+/m0/s1. The monoisotopic (exact) mass is 920 g/mol. The van der Waals surface area contributed by atoms with Crippen LogP contribution >= 0.6 is 23.2 Å². The van der Waals surface area contributed by atoms with Crippen LogP contribution < -0.4 is 21.3 Å². The molecule has 8 aliphatic rings. The second-order valence-corrected chi connectivity index (χ2v) is 21.7. The Bertz CT molecular complexity index is 2570. The highest BCUT2D eigenvalue weighted by Gasteiger charge is 2.67. The lowest BCUT2D eigenvalue weighted by molar-refractivity contribution is -0.137. The van der Waals surface area contributed by atoms with Gasteiger partial charge in [-0.3, -0.25) is 34.2 Å². The summed E-state index contributed by atoms with van der Waals surface area (Å²) in [6.45, 7) is 8.47. The summed E-state index contributed by atoms with van der Waals surface area (Å²) >= 11 is 12.9. The molecule has 5 heterocycles. The second kappa shape index (κ2) is 16.2. The van der Waals surface area contributed by atoms with Crippen molar-refractivity contribution in [2.24, 2.45) is 11.3 Å². The van der Waals surface area contributed by atoms with Crippen LogP contribution in [0.4, 0.5) is 10.1 Å². The molecule has 6 fully saturated rings. The van der Waals surface area contributed by atoms with Gasteiger partial charge >= 0.3 is 0 Å². The van der Waals surface area contributed by atoms with Crippen molar-refractivity contribution in [3.8, 4) is 11.8 Å². The Morgan fingerprint density at radius 1 is 0.923 bits per heavy atom. The SMILES string of the molecule is CC(C)(C)C[C@@H]1N[C@@H](C(=O)NC23CCC(N4CCC(C#Cc5cccc6c5CN(C5CCC(=O)NC5=O)C6=O)CC4)(CC2)CC3)[C@H](c2cccc(Cl)c2F)[C@]12C(=O)Nc1cc(Cl)ccc12. The fraction of sp³-hybridized carbons (Fsp3) is 0.510. The van der Waals surface area contributed by atoms with Gasteiger partial charge in [-0.15, -0.1) is 0 Å². The first kappa shape index (κ1) is 44.1. The molecule has 3 aromatic rings. The van der Waals surface area contributed by atoms with E-state index in [1.807, 2.05) is 18.2 Å². The number of benzene rings is 3. The van der Waals surface area contributed by atoms with Crippen molar-refractivity contribution in [3.63, 3.8) is 0 Å². The van der Waals surface area contributed by atoms with Crippen LogP contribution in [0.1, 0.15) is 130 Å². The summed E-state index contributed by atoms with van der Waals surface area (Å²) in [5.74, 6) is 4.16. The number of halogens is 3. The highest BCUT2D eigenvalue weighted by molar-refractivity contribution is 6.31. The number of nitrogens with zero attached hydrogens (tertiary/aromatic N) is 2. The molecule has 0 radical (unpaired) electrons. The Labute approximate surface area is 389 Å². The van der Waals surface area contributed by atoms with E-state index in [-0.39, 0.29) is 57.5 Å². The third kappa shape index (κ3) is 7.45. The van der Waals surface area contributed by atoms with Crippen LogP contribution in [0, 0.1) is 29.0 Å². The predicted octanol–water partition coefficient (Wildman–Crippen LogP) is 7.37. The largest absolute Gasteiger partial charge is 0.349 e. The number of imide groups is 1. The van der Waals surface area contributed by atoms with Gasteiger partial charge in [0.05, 0.1) is 11.1 Å². The molecule has 3 aliphatic carbocycles. The van der Waals surface area contributed by atoms with Crippen LogP contribution in [0.15, 0.2) is 54.6 Å². The molecule has 11 nitrogen and oxygen atoms in total. The van der Waals surface area contributed by atoms with Crippen LogP contribution in [0.25, 0.3) is 0 Å². The average molecular weight is 922 g/mol. The van der Waals surface area contributed by atoms with Crippen molar-refractivity contribution in [1.29, 1.82) is 0 Å². The highest BCUT2D eigenvalue weighted by atomic mass is 35.5. The smallest absolute Gasteiger partial charge is 0.255 e. The zero-order chi connectivity index (χ0) is 45.6. The fourth-order valence-electron chi connectivity index (χ4n) is 12.7. The van der Waals surface area contributed by atoms with Crippen LogP contribution in [0.2, 0.25) is 10.0 Å². The molecule has 0 aromatic heterocycles. The number of fused-ring (bicyclic) bond motifs is 6. The first-order valence-corrected chi connectivity index (χ1v) is 23.9. The minimum absolute atomic E-state index is 0.0534. The van der Waals surface area contributed by atoms with Crippen LogP contribution in [0.5, 0.6) is 0 Å². The Morgan fingerprint density at radius 3 is 2.35 bits per heavy atom. The molecule has 5 aliphatic heterocycles. The molecule has 5 atom stereocenters. The van der Waals surface area contributed by atoms with E-state index >= 15 is 9.18 Å². The molecule has 3 saturated carbocycles. The van der Waals surface area contributed by atoms with Gasteiger partial charge in [0, 0.05) is 63.8 Å². The van der Waals surface area contributed by atoms with Crippen LogP contribution in [0.3, 0.4) is 0 Å². The summed E-state index contributed by atoms with van der Waals surface area (Å²) in [5, 5.41) is 13.0. The minimum Gasteiger partial charge on any atom is -0.349 e. The van der Waals surface area contributed by atoms with E-state index in [0.717, 1.165) is 75.6 Å². The first-order valence-electron chi connectivity index (χ1n) is 23.2. The molecular formula is C51H55Cl2FN6O5. The highest BCUT2D eigenvalue weighted by Crippen LogP contribution is 2.58. The number of hydrogen-bond acceptors (Lipinski definition) is 7. The number of hydrogen-bond donors (Lipinski definition) is 4. The van der Waals surface area contributed by atoms with E-state index in [4.69, 9.17) is 23.2 Å². The molecule has 65 heavy (non-hydrogen) atoms. The minimum atomic E-state index is -1.32. The molecule has 14 heteroatoms. The maximum absolute atomic E-state index is 16.4. The number of carbonyl (C=O) groups excluding carboxylic acids is 5. The number of piperidine rings is 2. The van der Waals surface area contributed by atoms with E-state index in [1.54, 1.807) is 35.2 Å². The Kier molecular flexibility index (Phi) is 11.0. The van der Waals surface area contributed by atoms with Gasteiger partial charge in [0.15, 0.2) is 0 Å². The van der Waals surface area contributed by atoms with Gasteiger partial charge in [-0.1, -0.05) is 80.1 Å². The molecule has 4 N–H and O–H groups in total. The average Bonchev–Trinajstić information content (AvgIpc) is 3.89. The molecule has 5 amide bonds. The van der Waals surface area contributed by atoms with E-state index in [1.165, 1.54) is 6.07 Å². The number of rotatable bonds is 6. The molecule has 11 rings (SSSR count). The number of amides is 5. The van der Waals surface area contributed by atoms with Crippen molar-refractivity contribution < 1.29 is 28.4 Å². The lowest BCUT2D eigenvalue weighted by atomic mass is 9.60. The van der Waals surface area contributed by atoms with Gasteiger partial charge in [-0.25, -0.2) is 4.39 Å². The Hall–Kier alpha value is -4.80. The normalized spacial score (nSPS) is 31.1. The summed E-state index contributed by atoms with van der Waals surface area (Å²) in [6.07, 6.45) is 8.28. The summed E-state index contributed by atoms with van der Waals surface area (Å²) in [4.78, 5) is 71.6. The zero-order valence-corrected chi connectivity index (χ0v) is 38.6. The third-order valence-corrected chi connectivity index (χ3v) is 16.5. The predicted molar refractivity (Wildman–Crippen MR) is 246 cm³/mol. The summed E-state index contributed by atoms with van der Waals surface area (Å²) in [5.41, 5.74) is 1.79. The van der Waals surface area contributed by atoms with Crippen molar-refractivity contribution in [2.45, 2.75) is 138 Å². The Balaban J connectivity index is 0.829. The van der Waals surface area contributed by atoms with Crippen molar-refractivity contribution >= 4 is 58.4 Å². The molecule has 2 bridgehead atoms. The molecule has 3 aromatic carbocycles. The Morgan fingerprint density at radius 2 is 1.65 bits per heavy atom. The quantitative estimate of drug-likeness (QED) is 0.150. The van der Waals surface area contributed by atoms with E-state index < -0.39 is 46.7 Å². The molecule has 1 unspecified atom stereocenters. The van der Waals surface area contributed by atoms with Gasteiger partial charge in [0.2, 0.25) is 23.6 Å².